The normalized spacial score (nSPS) is 20.3. The number of hydrogen-bond donors (Lipinski definition) is 1. The average Bonchev–Trinajstić information content (AvgIpc) is 2.47. The molecular formula is C14H16N2O2. The minimum atomic E-state index is -0.0920. The third kappa shape index (κ3) is 2.05. The van der Waals surface area contributed by atoms with Crippen LogP contribution >= 0.6 is 0 Å². The van der Waals surface area contributed by atoms with Gasteiger partial charge in [-0.05, 0) is 12.1 Å². The van der Waals surface area contributed by atoms with Crippen molar-refractivity contribution in [3.63, 3.8) is 0 Å². The van der Waals surface area contributed by atoms with E-state index in [2.05, 4.69) is 16.0 Å². The molecule has 18 heavy (non-hydrogen) atoms. The van der Waals surface area contributed by atoms with Gasteiger partial charge in [-0.25, -0.2) is 0 Å². The van der Waals surface area contributed by atoms with Crippen LogP contribution in [-0.4, -0.2) is 42.5 Å². The number of para-hydroxylation sites is 1. The molecule has 4 nitrogen and oxygen atoms in total. The van der Waals surface area contributed by atoms with Gasteiger partial charge in [0.15, 0.2) is 0 Å². The zero-order chi connectivity index (χ0) is 12.4. The number of rotatable bonds is 2. The summed E-state index contributed by atoms with van der Waals surface area (Å²) >= 11 is 0. The standard InChI is InChI=1S/C14H16N2O2/c17-10-11-9-16(7-8-18-11)14-5-6-15-13-4-2-1-3-12(13)14/h1-6,11,17H,7-10H2. The highest BCUT2D eigenvalue weighted by molar-refractivity contribution is 5.91. The Balaban J connectivity index is 1.98. The van der Waals surface area contributed by atoms with Crippen molar-refractivity contribution < 1.29 is 9.84 Å². The largest absolute Gasteiger partial charge is 0.394 e. The first-order chi connectivity index (χ1) is 8.88. The lowest BCUT2D eigenvalue weighted by Gasteiger charge is -2.34. The second-order valence-corrected chi connectivity index (χ2v) is 4.47. The Morgan fingerprint density at radius 2 is 2.22 bits per heavy atom. The number of hydrogen-bond acceptors (Lipinski definition) is 4. The van der Waals surface area contributed by atoms with Crippen molar-refractivity contribution in [1.29, 1.82) is 0 Å². The number of aliphatic hydroxyl groups excluding tert-OH is 1. The molecule has 0 radical (unpaired) electrons. The summed E-state index contributed by atoms with van der Waals surface area (Å²) in [5.41, 5.74) is 2.17. The fourth-order valence-electron chi connectivity index (χ4n) is 2.41. The first-order valence-electron chi connectivity index (χ1n) is 6.19. The van der Waals surface area contributed by atoms with E-state index in [9.17, 15) is 5.11 Å². The molecule has 1 saturated heterocycles. The molecule has 1 aliphatic rings. The molecule has 0 aliphatic carbocycles. The molecule has 0 saturated carbocycles. The number of aliphatic hydroxyl groups is 1. The Bertz CT molecular complexity index is 539. The lowest BCUT2D eigenvalue weighted by atomic mass is 10.1. The van der Waals surface area contributed by atoms with Gasteiger partial charge >= 0.3 is 0 Å². The molecule has 1 aromatic heterocycles. The number of aromatic nitrogens is 1. The number of nitrogens with zero attached hydrogens (tertiary/aromatic N) is 2. The van der Waals surface area contributed by atoms with Crippen molar-refractivity contribution in [2.24, 2.45) is 0 Å². The number of fused-ring (bicyclic) bond motifs is 1. The molecular weight excluding hydrogens is 228 g/mol. The summed E-state index contributed by atoms with van der Waals surface area (Å²) in [6.07, 6.45) is 1.74. The fraction of sp³-hybridized carbons (Fsp3) is 0.357. The van der Waals surface area contributed by atoms with Crippen molar-refractivity contribution in [3.05, 3.63) is 36.5 Å². The van der Waals surface area contributed by atoms with Gasteiger partial charge in [-0.1, -0.05) is 18.2 Å². The van der Waals surface area contributed by atoms with E-state index >= 15 is 0 Å². The van der Waals surface area contributed by atoms with E-state index < -0.39 is 0 Å². The molecule has 1 atom stereocenters. The lowest BCUT2D eigenvalue weighted by molar-refractivity contribution is 0.00364. The van der Waals surface area contributed by atoms with Crippen LogP contribution < -0.4 is 4.90 Å². The molecule has 1 aliphatic heterocycles. The molecule has 1 unspecified atom stereocenters. The van der Waals surface area contributed by atoms with Gasteiger partial charge in [-0.2, -0.15) is 0 Å². The van der Waals surface area contributed by atoms with E-state index in [-0.39, 0.29) is 12.7 Å². The summed E-state index contributed by atoms with van der Waals surface area (Å²) in [6, 6.07) is 10.2. The maximum absolute atomic E-state index is 9.20. The third-order valence-corrected chi connectivity index (χ3v) is 3.31. The topological polar surface area (TPSA) is 45.6 Å². The smallest absolute Gasteiger partial charge is 0.0980 e. The predicted octanol–water partition coefficient (Wildman–Crippen LogP) is 1.43. The van der Waals surface area contributed by atoms with Gasteiger partial charge in [-0.15, -0.1) is 0 Å². The van der Waals surface area contributed by atoms with Crippen LogP contribution in [0.3, 0.4) is 0 Å². The molecule has 1 N–H and O–H groups in total. The van der Waals surface area contributed by atoms with Gasteiger partial charge in [-0.3, -0.25) is 4.98 Å². The van der Waals surface area contributed by atoms with Gasteiger partial charge in [0.25, 0.3) is 0 Å². The maximum Gasteiger partial charge on any atom is 0.0980 e. The van der Waals surface area contributed by atoms with E-state index in [1.807, 2.05) is 30.5 Å². The number of morpholine rings is 1. The Morgan fingerprint density at radius 1 is 1.33 bits per heavy atom. The Labute approximate surface area is 106 Å². The molecule has 0 spiro atoms. The Kier molecular flexibility index (Phi) is 3.13. The van der Waals surface area contributed by atoms with Crippen LogP contribution in [0.2, 0.25) is 0 Å². The SMILES string of the molecule is OCC1CN(c2ccnc3ccccc23)CCO1. The summed E-state index contributed by atoms with van der Waals surface area (Å²) in [7, 11) is 0. The van der Waals surface area contributed by atoms with Crippen LogP contribution in [0.15, 0.2) is 36.5 Å². The molecule has 94 valence electrons. The van der Waals surface area contributed by atoms with Crippen molar-refractivity contribution in [2.75, 3.05) is 31.2 Å². The van der Waals surface area contributed by atoms with Crippen LogP contribution in [0.1, 0.15) is 0 Å². The molecule has 3 rings (SSSR count). The van der Waals surface area contributed by atoms with Gasteiger partial charge in [0.2, 0.25) is 0 Å². The zero-order valence-corrected chi connectivity index (χ0v) is 10.1. The van der Waals surface area contributed by atoms with E-state index in [4.69, 9.17) is 4.74 Å². The zero-order valence-electron chi connectivity index (χ0n) is 10.1. The second kappa shape index (κ2) is 4.92. The number of anilines is 1. The highest BCUT2D eigenvalue weighted by Gasteiger charge is 2.21. The molecule has 4 heteroatoms. The van der Waals surface area contributed by atoms with Crippen molar-refractivity contribution >= 4 is 16.6 Å². The van der Waals surface area contributed by atoms with E-state index in [0.29, 0.717) is 6.61 Å². The average molecular weight is 244 g/mol. The van der Waals surface area contributed by atoms with E-state index in [0.717, 1.165) is 24.0 Å². The fourth-order valence-corrected chi connectivity index (χ4v) is 2.41. The molecule has 1 fully saturated rings. The van der Waals surface area contributed by atoms with Crippen LogP contribution in [0.25, 0.3) is 10.9 Å². The van der Waals surface area contributed by atoms with Crippen LogP contribution in [0, 0.1) is 0 Å². The monoisotopic (exact) mass is 244 g/mol. The first kappa shape index (κ1) is 11.4. The van der Waals surface area contributed by atoms with Crippen molar-refractivity contribution in [2.45, 2.75) is 6.10 Å². The van der Waals surface area contributed by atoms with Gasteiger partial charge in [0, 0.05) is 30.4 Å². The highest BCUT2D eigenvalue weighted by atomic mass is 16.5. The summed E-state index contributed by atoms with van der Waals surface area (Å²) in [4.78, 5) is 6.63. The minimum Gasteiger partial charge on any atom is -0.394 e. The number of pyridine rings is 1. The van der Waals surface area contributed by atoms with Crippen molar-refractivity contribution in [3.8, 4) is 0 Å². The van der Waals surface area contributed by atoms with Crippen LogP contribution in [0.4, 0.5) is 5.69 Å². The van der Waals surface area contributed by atoms with E-state index in [1.54, 1.807) is 0 Å². The Hall–Kier alpha value is -1.65. The number of benzene rings is 1. The molecule has 0 amide bonds. The summed E-state index contributed by atoms with van der Waals surface area (Å²) in [6.45, 7) is 2.30. The summed E-state index contributed by atoms with van der Waals surface area (Å²) < 4.78 is 5.48. The van der Waals surface area contributed by atoms with Gasteiger partial charge in [0.1, 0.15) is 0 Å². The minimum absolute atomic E-state index is 0.0690. The molecule has 2 heterocycles. The molecule has 0 bridgehead atoms. The quantitative estimate of drug-likeness (QED) is 0.868. The van der Waals surface area contributed by atoms with Crippen LogP contribution in [-0.2, 0) is 4.74 Å². The van der Waals surface area contributed by atoms with Gasteiger partial charge in [0.05, 0.1) is 24.8 Å². The summed E-state index contributed by atoms with van der Waals surface area (Å²) in [5.74, 6) is 0. The maximum atomic E-state index is 9.20. The Morgan fingerprint density at radius 3 is 3.11 bits per heavy atom. The van der Waals surface area contributed by atoms with Gasteiger partial charge < -0.3 is 14.7 Å². The second-order valence-electron chi connectivity index (χ2n) is 4.47. The summed E-state index contributed by atoms with van der Waals surface area (Å²) in [5, 5.41) is 10.4. The lowest BCUT2D eigenvalue weighted by Crippen LogP contribution is -2.44. The van der Waals surface area contributed by atoms with E-state index in [1.165, 1.54) is 5.69 Å². The molecule has 1 aromatic carbocycles. The van der Waals surface area contributed by atoms with Crippen molar-refractivity contribution in [1.82, 2.24) is 4.98 Å². The highest BCUT2D eigenvalue weighted by Crippen LogP contribution is 2.26. The number of ether oxygens (including phenoxy) is 1. The first-order valence-corrected chi connectivity index (χ1v) is 6.19. The predicted molar refractivity (Wildman–Crippen MR) is 70.8 cm³/mol. The molecule has 2 aromatic rings. The third-order valence-electron chi connectivity index (χ3n) is 3.31. The van der Waals surface area contributed by atoms with Crippen LogP contribution in [0.5, 0.6) is 0 Å².